The van der Waals surface area contributed by atoms with E-state index in [1.165, 1.54) is 0 Å². The Hall–Kier alpha value is -2.56. The SMILES string of the molecule is Cc1cc(C)n(C[C@@H]2CCCN2C(=O)c2cc3ccccc3o2)n1. The molecule has 0 radical (unpaired) electrons. The Morgan fingerprint density at radius 3 is 2.88 bits per heavy atom. The number of para-hydroxylation sites is 1. The lowest BCUT2D eigenvalue weighted by Crippen LogP contribution is -2.38. The van der Waals surface area contributed by atoms with Gasteiger partial charge in [0.25, 0.3) is 5.91 Å². The number of hydrogen-bond donors (Lipinski definition) is 0. The molecule has 4 rings (SSSR count). The van der Waals surface area contributed by atoms with Gasteiger partial charge in [-0.2, -0.15) is 5.10 Å². The maximum atomic E-state index is 12.9. The van der Waals surface area contributed by atoms with Crippen LogP contribution in [0.3, 0.4) is 0 Å². The van der Waals surface area contributed by atoms with Crippen LogP contribution in [-0.4, -0.2) is 33.2 Å². The Labute approximate surface area is 140 Å². The molecule has 0 aliphatic carbocycles. The summed E-state index contributed by atoms with van der Waals surface area (Å²) in [6.07, 6.45) is 2.03. The van der Waals surface area contributed by atoms with Crippen LogP contribution in [0, 0.1) is 13.8 Å². The van der Waals surface area contributed by atoms with Crippen LogP contribution in [0.2, 0.25) is 0 Å². The highest BCUT2D eigenvalue weighted by atomic mass is 16.3. The number of likely N-dealkylation sites (tertiary alicyclic amines) is 1. The number of rotatable bonds is 3. The standard InChI is InChI=1S/C19H21N3O2/c1-13-10-14(2)22(20-13)12-16-7-5-9-21(16)19(23)18-11-15-6-3-4-8-17(15)24-18/h3-4,6,8,10-11,16H,5,7,9,12H2,1-2H3/t16-/m0/s1. The second-order valence-electron chi connectivity index (χ2n) is 6.55. The predicted molar refractivity (Wildman–Crippen MR) is 92.0 cm³/mol. The fourth-order valence-electron chi connectivity index (χ4n) is 3.58. The average Bonchev–Trinajstić information content (AvgIpc) is 3.26. The van der Waals surface area contributed by atoms with Crippen LogP contribution in [0.4, 0.5) is 0 Å². The highest BCUT2D eigenvalue weighted by Gasteiger charge is 2.31. The third-order valence-corrected chi connectivity index (χ3v) is 4.76. The number of carbonyl (C=O) groups is 1. The summed E-state index contributed by atoms with van der Waals surface area (Å²) in [7, 11) is 0. The smallest absolute Gasteiger partial charge is 0.289 e. The Morgan fingerprint density at radius 1 is 1.29 bits per heavy atom. The number of nitrogens with zero attached hydrogens (tertiary/aromatic N) is 3. The minimum Gasteiger partial charge on any atom is -0.451 e. The van der Waals surface area contributed by atoms with E-state index in [9.17, 15) is 4.79 Å². The highest BCUT2D eigenvalue weighted by molar-refractivity contribution is 5.96. The van der Waals surface area contributed by atoms with Gasteiger partial charge >= 0.3 is 0 Å². The summed E-state index contributed by atoms with van der Waals surface area (Å²) in [4.78, 5) is 14.8. The molecule has 0 bridgehead atoms. The number of aromatic nitrogens is 2. The van der Waals surface area contributed by atoms with Gasteiger partial charge in [0, 0.05) is 17.6 Å². The van der Waals surface area contributed by atoms with Crippen molar-refractivity contribution in [1.29, 1.82) is 0 Å². The van der Waals surface area contributed by atoms with Crippen LogP contribution < -0.4 is 0 Å². The Kier molecular flexibility index (Phi) is 3.63. The van der Waals surface area contributed by atoms with Crippen LogP contribution in [0.25, 0.3) is 11.0 Å². The quantitative estimate of drug-likeness (QED) is 0.740. The first kappa shape index (κ1) is 15.0. The summed E-state index contributed by atoms with van der Waals surface area (Å²) < 4.78 is 7.76. The van der Waals surface area contributed by atoms with Crippen molar-refractivity contribution in [2.75, 3.05) is 6.54 Å². The lowest BCUT2D eigenvalue weighted by molar-refractivity contribution is 0.0691. The van der Waals surface area contributed by atoms with Gasteiger partial charge in [-0.15, -0.1) is 0 Å². The van der Waals surface area contributed by atoms with E-state index in [0.29, 0.717) is 5.76 Å². The number of carbonyl (C=O) groups excluding carboxylic acids is 1. The van der Waals surface area contributed by atoms with Crippen LogP contribution in [0.5, 0.6) is 0 Å². The molecule has 1 aliphatic heterocycles. The van der Waals surface area contributed by atoms with Crippen molar-refractivity contribution in [3.63, 3.8) is 0 Å². The zero-order chi connectivity index (χ0) is 16.7. The fraction of sp³-hybridized carbons (Fsp3) is 0.368. The van der Waals surface area contributed by atoms with Crippen molar-refractivity contribution < 1.29 is 9.21 Å². The number of fused-ring (bicyclic) bond motifs is 1. The van der Waals surface area contributed by atoms with E-state index in [1.807, 2.05) is 46.8 Å². The van der Waals surface area contributed by atoms with Crippen LogP contribution in [0.1, 0.15) is 34.8 Å². The summed E-state index contributed by atoms with van der Waals surface area (Å²) in [5.74, 6) is 0.409. The lowest BCUT2D eigenvalue weighted by Gasteiger charge is -2.24. The fourth-order valence-corrected chi connectivity index (χ4v) is 3.58. The first-order valence-corrected chi connectivity index (χ1v) is 8.42. The lowest BCUT2D eigenvalue weighted by atomic mass is 10.2. The van der Waals surface area contributed by atoms with Crippen molar-refractivity contribution in [3.05, 3.63) is 53.5 Å². The van der Waals surface area contributed by atoms with E-state index in [-0.39, 0.29) is 11.9 Å². The molecule has 0 unspecified atom stereocenters. The van der Waals surface area contributed by atoms with Gasteiger partial charge in [0.15, 0.2) is 5.76 Å². The second kappa shape index (κ2) is 5.82. The van der Waals surface area contributed by atoms with E-state index in [4.69, 9.17) is 4.42 Å². The summed E-state index contributed by atoms with van der Waals surface area (Å²) in [5, 5.41) is 5.50. The van der Waals surface area contributed by atoms with E-state index in [0.717, 1.165) is 48.3 Å². The topological polar surface area (TPSA) is 51.3 Å². The molecule has 1 atom stereocenters. The third kappa shape index (κ3) is 2.60. The molecule has 1 saturated heterocycles. The third-order valence-electron chi connectivity index (χ3n) is 4.76. The van der Waals surface area contributed by atoms with Crippen molar-refractivity contribution in [2.24, 2.45) is 0 Å². The molecule has 2 aromatic heterocycles. The molecule has 3 heterocycles. The first-order chi connectivity index (χ1) is 11.6. The second-order valence-corrected chi connectivity index (χ2v) is 6.55. The highest BCUT2D eigenvalue weighted by Crippen LogP contribution is 2.25. The molecule has 1 amide bonds. The summed E-state index contributed by atoms with van der Waals surface area (Å²) in [5.41, 5.74) is 2.91. The molecular formula is C19H21N3O2. The molecule has 1 fully saturated rings. The summed E-state index contributed by atoms with van der Waals surface area (Å²) in [6, 6.07) is 11.8. The van der Waals surface area contributed by atoms with E-state index < -0.39 is 0 Å². The van der Waals surface area contributed by atoms with Gasteiger partial charge in [0.1, 0.15) is 5.58 Å². The van der Waals surface area contributed by atoms with Gasteiger partial charge < -0.3 is 9.32 Å². The average molecular weight is 323 g/mol. The Balaban J connectivity index is 1.57. The molecular weight excluding hydrogens is 302 g/mol. The van der Waals surface area contributed by atoms with Crippen LogP contribution >= 0.6 is 0 Å². The predicted octanol–water partition coefficient (Wildman–Crippen LogP) is 3.55. The van der Waals surface area contributed by atoms with Crippen molar-refractivity contribution in [2.45, 2.75) is 39.3 Å². The number of furan rings is 1. The normalized spacial score (nSPS) is 17.8. The van der Waals surface area contributed by atoms with Gasteiger partial charge in [-0.1, -0.05) is 18.2 Å². The minimum atomic E-state index is -0.0183. The molecule has 0 saturated carbocycles. The molecule has 0 spiro atoms. The van der Waals surface area contributed by atoms with E-state index >= 15 is 0 Å². The van der Waals surface area contributed by atoms with Crippen LogP contribution in [0.15, 0.2) is 40.8 Å². The summed E-state index contributed by atoms with van der Waals surface area (Å²) >= 11 is 0. The van der Waals surface area contributed by atoms with Gasteiger partial charge in [0.05, 0.1) is 18.3 Å². The van der Waals surface area contributed by atoms with Crippen molar-refractivity contribution >= 4 is 16.9 Å². The maximum absolute atomic E-state index is 12.9. The molecule has 1 aliphatic rings. The molecule has 5 heteroatoms. The molecule has 3 aromatic rings. The largest absolute Gasteiger partial charge is 0.451 e. The number of benzene rings is 1. The molecule has 24 heavy (non-hydrogen) atoms. The molecule has 1 aromatic carbocycles. The molecule has 0 N–H and O–H groups in total. The summed E-state index contributed by atoms with van der Waals surface area (Å²) in [6.45, 7) is 5.57. The number of aryl methyl sites for hydroxylation is 2. The zero-order valence-electron chi connectivity index (χ0n) is 14.0. The van der Waals surface area contributed by atoms with Crippen molar-refractivity contribution in [3.8, 4) is 0 Å². The Morgan fingerprint density at radius 2 is 2.12 bits per heavy atom. The minimum absolute atomic E-state index is 0.0183. The monoisotopic (exact) mass is 323 g/mol. The zero-order valence-corrected chi connectivity index (χ0v) is 14.0. The molecule has 5 nitrogen and oxygen atoms in total. The van der Waals surface area contributed by atoms with Crippen molar-refractivity contribution in [1.82, 2.24) is 14.7 Å². The first-order valence-electron chi connectivity index (χ1n) is 8.42. The van der Waals surface area contributed by atoms with Gasteiger partial charge in [0.2, 0.25) is 0 Å². The van der Waals surface area contributed by atoms with E-state index in [2.05, 4.69) is 18.1 Å². The van der Waals surface area contributed by atoms with Gasteiger partial charge in [-0.25, -0.2) is 0 Å². The Bertz CT molecular complexity index is 860. The molecule has 124 valence electrons. The number of hydrogen-bond acceptors (Lipinski definition) is 3. The van der Waals surface area contributed by atoms with E-state index in [1.54, 1.807) is 0 Å². The maximum Gasteiger partial charge on any atom is 0.289 e. The van der Waals surface area contributed by atoms with Crippen LogP contribution in [-0.2, 0) is 6.54 Å². The van der Waals surface area contributed by atoms with Gasteiger partial charge in [-0.3, -0.25) is 9.48 Å². The number of amides is 1. The van der Waals surface area contributed by atoms with Gasteiger partial charge in [-0.05, 0) is 44.9 Å².